The predicted octanol–water partition coefficient (Wildman–Crippen LogP) is 0.660. The van der Waals surface area contributed by atoms with Crippen molar-refractivity contribution in [3.05, 3.63) is 11.6 Å². The molecule has 3 heterocycles. The van der Waals surface area contributed by atoms with Gasteiger partial charge in [0.15, 0.2) is 5.13 Å². The van der Waals surface area contributed by atoms with Gasteiger partial charge in [0.2, 0.25) is 11.8 Å². The zero-order valence-electron chi connectivity index (χ0n) is 12.2. The SMILES string of the molecule is CN1CCC(C(=O)N2CCN(c3nccs3)CC2)CC1=O. The molecule has 114 valence electrons. The maximum absolute atomic E-state index is 12.5. The molecule has 2 fully saturated rings. The molecule has 0 aliphatic carbocycles. The summed E-state index contributed by atoms with van der Waals surface area (Å²) < 4.78 is 0. The Kier molecular flexibility index (Phi) is 4.10. The molecular weight excluding hydrogens is 288 g/mol. The molecule has 3 rings (SSSR count). The van der Waals surface area contributed by atoms with Crippen LogP contribution in [0.25, 0.3) is 0 Å². The molecule has 2 amide bonds. The van der Waals surface area contributed by atoms with E-state index in [9.17, 15) is 9.59 Å². The molecule has 0 N–H and O–H groups in total. The van der Waals surface area contributed by atoms with Gasteiger partial charge in [-0.2, -0.15) is 0 Å². The number of likely N-dealkylation sites (tertiary alicyclic amines) is 1. The van der Waals surface area contributed by atoms with Crippen LogP contribution in [0.1, 0.15) is 12.8 Å². The van der Waals surface area contributed by atoms with Crippen molar-refractivity contribution >= 4 is 28.3 Å². The zero-order chi connectivity index (χ0) is 14.8. The number of carbonyl (C=O) groups is 2. The second-order valence-corrected chi connectivity index (χ2v) is 6.51. The Bertz CT molecular complexity index is 511. The summed E-state index contributed by atoms with van der Waals surface area (Å²) in [6, 6.07) is 0. The smallest absolute Gasteiger partial charge is 0.226 e. The highest BCUT2D eigenvalue weighted by molar-refractivity contribution is 7.13. The fourth-order valence-electron chi connectivity index (χ4n) is 2.90. The predicted molar refractivity (Wildman–Crippen MR) is 81.3 cm³/mol. The first kappa shape index (κ1) is 14.3. The Labute approximate surface area is 128 Å². The third-order valence-electron chi connectivity index (χ3n) is 4.29. The number of rotatable bonds is 2. The summed E-state index contributed by atoms with van der Waals surface area (Å²) in [5.41, 5.74) is 0. The monoisotopic (exact) mass is 308 g/mol. The Morgan fingerprint density at radius 1 is 1.29 bits per heavy atom. The van der Waals surface area contributed by atoms with Crippen LogP contribution in [0.2, 0.25) is 0 Å². The Morgan fingerprint density at radius 2 is 2.05 bits per heavy atom. The van der Waals surface area contributed by atoms with Crippen LogP contribution < -0.4 is 4.90 Å². The molecule has 0 radical (unpaired) electrons. The summed E-state index contributed by atoms with van der Waals surface area (Å²) in [5, 5.41) is 2.99. The number of hydrogen-bond acceptors (Lipinski definition) is 5. The van der Waals surface area contributed by atoms with Gasteiger partial charge in [0, 0.05) is 63.7 Å². The van der Waals surface area contributed by atoms with Crippen molar-refractivity contribution in [1.29, 1.82) is 0 Å². The summed E-state index contributed by atoms with van der Waals surface area (Å²) in [7, 11) is 1.80. The first-order valence-corrected chi connectivity index (χ1v) is 8.20. The molecule has 0 saturated carbocycles. The van der Waals surface area contributed by atoms with Crippen molar-refractivity contribution < 1.29 is 9.59 Å². The largest absolute Gasteiger partial charge is 0.346 e. The molecule has 1 unspecified atom stereocenters. The second-order valence-electron chi connectivity index (χ2n) is 5.63. The van der Waals surface area contributed by atoms with Gasteiger partial charge < -0.3 is 14.7 Å². The molecule has 1 atom stereocenters. The van der Waals surface area contributed by atoms with Crippen molar-refractivity contribution in [2.24, 2.45) is 5.92 Å². The number of piperazine rings is 1. The molecule has 21 heavy (non-hydrogen) atoms. The van der Waals surface area contributed by atoms with E-state index in [1.807, 2.05) is 16.5 Å². The normalized spacial score (nSPS) is 23.6. The molecule has 1 aromatic rings. The lowest BCUT2D eigenvalue weighted by atomic mass is 9.95. The molecule has 2 aliphatic rings. The highest BCUT2D eigenvalue weighted by Gasteiger charge is 2.33. The van der Waals surface area contributed by atoms with Gasteiger partial charge in [0.1, 0.15) is 0 Å². The molecule has 0 spiro atoms. The van der Waals surface area contributed by atoms with Crippen LogP contribution in [0.4, 0.5) is 5.13 Å². The van der Waals surface area contributed by atoms with Crippen molar-refractivity contribution in [1.82, 2.24) is 14.8 Å². The maximum Gasteiger partial charge on any atom is 0.226 e. The quantitative estimate of drug-likeness (QED) is 0.805. The van der Waals surface area contributed by atoms with Gasteiger partial charge in [-0.1, -0.05) is 0 Å². The van der Waals surface area contributed by atoms with Gasteiger partial charge in [0.25, 0.3) is 0 Å². The first-order chi connectivity index (χ1) is 10.1. The van der Waals surface area contributed by atoms with Gasteiger partial charge >= 0.3 is 0 Å². The summed E-state index contributed by atoms with van der Waals surface area (Å²) in [4.78, 5) is 34.4. The number of hydrogen-bond donors (Lipinski definition) is 0. The molecular formula is C14H20N4O2S. The fraction of sp³-hybridized carbons (Fsp3) is 0.643. The van der Waals surface area contributed by atoms with Crippen LogP contribution in [0.5, 0.6) is 0 Å². The maximum atomic E-state index is 12.5. The lowest BCUT2D eigenvalue weighted by Gasteiger charge is -2.37. The summed E-state index contributed by atoms with van der Waals surface area (Å²) >= 11 is 1.63. The average Bonchev–Trinajstić information content (AvgIpc) is 3.04. The number of thiazole rings is 1. The van der Waals surface area contributed by atoms with Gasteiger partial charge in [-0.3, -0.25) is 9.59 Å². The number of aromatic nitrogens is 1. The van der Waals surface area contributed by atoms with E-state index in [4.69, 9.17) is 0 Å². The zero-order valence-corrected chi connectivity index (χ0v) is 13.0. The molecule has 1 aromatic heterocycles. The Balaban J connectivity index is 1.54. The van der Waals surface area contributed by atoms with Crippen LogP contribution in [0, 0.1) is 5.92 Å². The minimum Gasteiger partial charge on any atom is -0.346 e. The van der Waals surface area contributed by atoms with Gasteiger partial charge in [0.05, 0.1) is 0 Å². The number of carbonyl (C=O) groups excluding carboxylic acids is 2. The third kappa shape index (κ3) is 3.02. The van der Waals surface area contributed by atoms with Crippen molar-refractivity contribution in [2.75, 3.05) is 44.7 Å². The van der Waals surface area contributed by atoms with Gasteiger partial charge in [-0.15, -0.1) is 11.3 Å². The molecule has 0 bridgehead atoms. The minimum absolute atomic E-state index is 0.0843. The van der Waals surface area contributed by atoms with E-state index in [1.54, 1.807) is 23.3 Å². The molecule has 2 aliphatic heterocycles. The van der Waals surface area contributed by atoms with E-state index in [1.165, 1.54) is 0 Å². The topological polar surface area (TPSA) is 56.8 Å². The van der Waals surface area contributed by atoms with Crippen LogP contribution in [-0.4, -0.2) is 66.4 Å². The summed E-state index contributed by atoms with van der Waals surface area (Å²) in [6.45, 7) is 3.77. The van der Waals surface area contributed by atoms with Crippen LogP contribution in [0.3, 0.4) is 0 Å². The van der Waals surface area contributed by atoms with Crippen LogP contribution in [-0.2, 0) is 9.59 Å². The number of amides is 2. The lowest BCUT2D eigenvalue weighted by Crippen LogP contribution is -2.52. The third-order valence-corrected chi connectivity index (χ3v) is 5.12. The number of anilines is 1. The highest BCUT2D eigenvalue weighted by Crippen LogP contribution is 2.23. The Morgan fingerprint density at radius 3 is 2.67 bits per heavy atom. The number of piperidine rings is 1. The van der Waals surface area contributed by atoms with Gasteiger partial charge in [-0.05, 0) is 6.42 Å². The minimum atomic E-state index is -0.125. The van der Waals surface area contributed by atoms with Crippen LogP contribution in [0.15, 0.2) is 11.6 Å². The van der Waals surface area contributed by atoms with Crippen LogP contribution >= 0.6 is 11.3 Å². The standard InChI is InChI=1S/C14H20N4O2S/c1-16-4-2-11(10-12(16)19)13(20)17-5-7-18(8-6-17)14-15-3-9-21-14/h3,9,11H,2,4-8,10H2,1H3. The van der Waals surface area contributed by atoms with E-state index in [-0.39, 0.29) is 17.7 Å². The van der Waals surface area contributed by atoms with E-state index >= 15 is 0 Å². The van der Waals surface area contributed by atoms with E-state index < -0.39 is 0 Å². The molecule has 2 saturated heterocycles. The van der Waals surface area contributed by atoms with E-state index in [2.05, 4.69) is 9.88 Å². The lowest BCUT2D eigenvalue weighted by molar-refractivity contribution is -0.144. The number of nitrogens with zero attached hydrogens (tertiary/aromatic N) is 4. The van der Waals surface area contributed by atoms with Crippen molar-refractivity contribution in [3.8, 4) is 0 Å². The Hall–Kier alpha value is -1.63. The molecule has 6 nitrogen and oxygen atoms in total. The molecule has 0 aromatic carbocycles. The van der Waals surface area contributed by atoms with E-state index in [0.717, 1.165) is 37.7 Å². The average molecular weight is 308 g/mol. The van der Waals surface area contributed by atoms with E-state index in [0.29, 0.717) is 13.0 Å². The summed E-state index contributed by atoms with van der Waals surface area (Å²) in [6.07, 6.45) is 2.96. The molecule has 7 heteroatoms. The van der Waals surface area contributed by atoms with Gasteiger partial charge in [-0.25, -0.2) is 4.98 Å². The first-order valence-electron chi connectivity index (χ1n) is 7.32. The second kappa shape index (κ2) is 6.01. The van der Waals surface area contributed by atoms with Crippen molar-refractivity contribution in [3.63, 3.8) is 0 Å². The summed E-state index contributed by atoms with van der Waals surface area (Å²) in [5.74, 6) is 0.108. The van der Waals surface area contributed by atoms with Crippen molar-refractivity contribution in [2.45, 2.75) is 12.8 Å². The fourth-order valence-corrected chi connectivity index (χ4v) is 3.60. The highest BCUT2D eigenvalue weighted by atomic mass is 32.1.